The van der Waals surface area contributed by atoms with Crippen molar-refractivity contribution in [3.05, 3.63) is 92.7 Å². The molecule has 0 aliphatic heterocycles. The number of ether oxygens (including phenoxy) is 2. The number of aromatic nitrogens is 3. The standard InChI is InChI=1S/C23H20Cl2N4O2S/c1-30-20-11-17(19(25)12-21(20)31-14-16-9-5-6-10-18(16)24)13-26-29-22(27-28-23(29)32)15-7-3-2-4-8-15/h2-12,26H,13-14H2,1H3,(H,28,32). The summed E-state index contributed by atoms with van der Waals surface area (Å²) < 4.78 is 13.6. The van der Waals surface area contributed by atoms with E-state index >= 15 is 0 Å². The Hall–Kier alpha value is -3.00. The minimum absolute atomic E-state index is 0.300. The first-order chi connectivity index (χ1) is 15.6. The van der Waals surface area contributed by atoms with Crippen LogP contribution in [0.25, 0.3) is 11.4 Å². The van der Waals surface area contributed by atoms with E-state index in [9.17, 15) is 0 Å². The van der Waals surface area contributed by atoms with E-state index in [1.54, 1.807) is 17.9 Å². The zero-order chi connectivity index (χ0) is 22.5. The number of H-pyrrole nitrogens is 1. The second kappa shape index (κ2) is 10.1. The molecule has 3 aromatic carbocycles. The second-order valence-electron chi connectivity index (χ2n) is 6.86. The lowest BCUT2D eigenvalue weighted by atomic mass is 10.2. The summed E-state index contributed by atoms with van der Waals surface area (Å²) in [7, 11) is 1.59. The first-order valence-corrected chi connectivity index (χ1v) is 10.9. The zero-order valence-corrected chi connectivity index (χ0v) is 19.5. The van der Waals surface area contributed by atoms with Crippen LogP contribution in [0.1, 0.15) is 11.1 Å². The van der Waals surface area contributed by atoms with Crippen LogP contribution in [-0.4, -0.2) is 22.0 Å². The van der Waals surface area contributed by atoms with Gasteiger partial charge in [-0.15, -0.1) is 0 Å². The van der Waals surface area contributed by atoms with E-state index < -0.39 is 0 Å². The number of hydrogen-bond acceptors (Lipinski definition) is 5. The molecule has 164 valence electrons. The van der Waals surface area contributed by atoms with Gasteiger partial charge in [0.2, 0.25) is 4.77 Å². The van der Waals surface area contributed by atoms with Crippen molar-refractivity contribution in [1.29, 1.82) is 0 Å². The third kappa shape index (κ3) is 4.91. The molecule has 4 rings (SSSR count). The molecule has 0 aliphatic rings. The summed E-state index contributed by atoms with van der Waals surface area (Å²) in [5, 5.41) is 8.32. The Balaban J connectivity index is 1.53. The normalized spacial score (nSPS) is 10.7. The van der Waals surface area contributed by atoms with Crippen LogP contribution in [0.2, 0.25) is 10.0 Å². The molecule has 0 bridgehead atoms. The monoisotopic (exact) mass is 486 g/mol. The summed E-state index contributed by atoms with van der Waals surface area (Å²) in [5.41, 5.74) is 5.89. The van der Waals surface area contributed by atoms with E-state index in [4.69, 9.17) is 44.9 Å². The number of nitrogens with one attached hydrogen (secondary N) is 2. The van der Waals surface area contributed by atoms with E-state index in [1.165, 1.54) is 0 Å². The van der Waals surface area contributed by atoms with Gasteiger partial charge >= 0.3 is 0 Å². The van der Waals surface area contributed by atoms with E-state index in [1.807, 2.05) is 60.7 Å². The second-order valence-corrected chi connectivity index (χ2v) is 8.06. The average molecular weight is 487 g/mol. The maximum absolute atomic E-state index is 6.55. The largest absolute Gasteiger partial charge is 0.493 e. The molecule has 9 heteroatoms. The lowest BCUT2D eigenvalue weighted by molar-refractivity contribution is 0.284. The highest BCUT2D eigenvalue weighted by Crippen LogP contribution is 2.34. The predicted octanol–water partition coefficient (Wildman–Crippen LogP) is 6.25. The maximum atomic E-state index is 6.55. The molecule has 2 N–H and O–H groups in total. The molecule has 1 aromatic heterocycles. The van der Waals surface area contributed by atoms with Crippen molar-refractivity contribution < 1.29 is 9.47 Å². The van der Waals surface area contributed by atoms with Crippen molar-refractivity contribution in [1.82, 2.24) is 14.9 Å². The topological polar surface area (TPSA) is 64.1 Å². The first-order valence-electron chi connectivity index (χ1n) is 9.76. The third-order valence-corrected chi connectivity index (χ3v) is 5.80. The fourth-order valence-electron chi connectivity index (χ4n) is 3.14. The van der Waals surface area contributed by atoms with E-state index in [2.05, 4.69) is 15.6 Å². The molecule has 0 saturated carbocycles. The van der Waals surface area contributed by atoms with Gasteiger partial charge in [0, 0.05) is 27.2 Å². The minimum atomic E-state index is 0.300. The van der Waals surface area contributed by atoms with Gasteiger partial charge in [-0.25, -0.2) is 9.77 Å². The Labute approximate surface area is 200 Å². The van der Waals surface area contributed by atoms with Crippen molar-refractivity contribution in [3.63, 3.8) is 0 Å². The number of methoxy groups -OCH3 is 1. The molecule has 1 heterocycles. The highest BCUT2D eigenvalue weighted by atomic mass is 35.5. The number of aromatic amines is 1. The molecule has 0 unspecified atom stereocenters. The highest BCUT2D eigenvalue weighted by Gasteiger charge is 2.13. The molecule has 32 heavy (non-hydrogen) atoms. The summed E-state index contributed by atoms with van der Waals surface area (Å²) in [6.07, 6.45) is 0. The summed E-state index contributed by atoms with van der Waals surface area (Å²) >= 11 is 18.1. The zero-order valence-electron chi connectivity index (χ0n) is 17.1. The minimum Gasteiger partial charge on any atom is -0.493 e. The first kappa shape index (κ1) is 22.2. The Bertz CT molecular complexity index is 1270. The molecule has 4 aromatic rings. The van der Waals surface area contributed by atoms with Gasteiger partial charge in [0.1, 0.15) is 6.61 Å². The lowest BCUT2D eigenvalue weighted by Crippen LogP contribution is -2.16. The van der Waals surface area contributed by atoms with E-state index in [0.717, 1.165) is 16.7 Å². The Morgan fingerprint density at radius 3 is 2.47 bits per heavy atom. The molecule has 0 atom stereocenters. The fourth-order valence-corrected chi connectivity index (χ4v) is 3.75. The van der Waals surface area contributed by atoms with Crippen LogP contribution < -0.4 is 14.9 Å². The molecule has 0 spiro atoms. The summed E-state index contributed by atoms with van der Waals surface area (Å²) in [4.78, 5) is 0. The number of halogens is 2. The Kier molecular flexibility index (Phi) is 6.99. The van der Waals surface area contributed by atoms with Gasteiger partial charge in [0.05, 0.1) is 13.7 Å². The van der Waals surface area contributed by atoms with Crippen LogP contribution in [0, 0.1) is 4.77 Å². The smallest absolute Gasteiger partial charge is 0.214 e. The van der Waals surface area contributed by atoms with Crippen molar-refractivity contribution in [2.75, 3.05) is 12.5 Å². The van der Waals surface area contributed by atoms with Crippen LogP contribution in [-0.2, 0) is 13.2 Å². The number of rotatable bonds is 8. The van der Waals surface area contributed by atoms with Crippen molar-refractivity contribution >= 4 is 35.4 Å². The summed E-state index contributed by atoms with van der Waals surface area (Å²) in [6, 6.07) is 20.9. The van der Waals surface area contributed by atoms with Crippen molar-refractivity contribution in [2.24, 2.45) is 0 Å². The van der Waals surface area contributed by atoms with Crippen LogP contribution in [0.3, 0.4) is 0 Å². The molecule has 0 fully saturated rings. The number of hydrogen-bond donors (Lipinski definition) is 2. The van der Waals surface area contributed by atoms with Crippen LogP contribution in [0.15, 0.2) is 66.7 Å². The van der Waals surface area contributed by atoms with Gasteiger partial charge in [-0.2, -0.15) is 5.10 Å². The maximum Gasteiger partial charge on any atom is 0.214 e. The van der Waals surface area contributed by atoms with Gasteiger partial charge in [-0.1, -0.05) is 71.7 Å². The van der Waals surface area contributed by atoms with Crippen LogP contribution >= 0.6 is 35.4 Å². The molecular formula is C23H20Cl2N4O2S. The molecular weight excluding hydrogens is 467 g/mol. The average Bonchev–Trinajstić information content (AvgIpc) is 3.18. The van der Waals surface area contributed by atoms with E-state index in [-0.39, 0.29) is 0 Å². The molecule has 0 saturated heterocycles. The summed E-state index contributed by atoms with van der Waals surface area (Å²) in [5.74, 6) is 1.78. The third-order valence-electron chi connectivity index (χ3n) is 4.81. The highest BCUT2D eigenvalue weighted by molar-refractivity contribution is 7.71. The lowest BCUT2D eigenvalue weighted by Gasteiger charge is -2.16. The molecule has 0 aliphatic carbocycles. The van der Waals surface area contributed by atoms with Crippen molar-refractivity contribution in [3.8, 4) is 22.9 Å². The van der Waals surface area contributed by atoms with Crippen LogP contribution in [0.4, 0.5) is 0 Å². The quantitative estimate of drug-likeness (QED) is 0.288. The molecule has 6 nitrogen and oxygen atoms in total. The Morgan fingerprint density at radius 1 is 0.969 bits per heavy atom. The summed E-state index contributed by atoms with van der Waals surface area (Å²) in [6.45, 7) is 0.697. The Morgan fingerprint density at radius 2 is 1.72 bits per heavy atom. The van der Waals surface area contributed by atoms with Gasteiger partial charge in [-0.05, 0) is 29.9 Å². The fraction of sp³-hybridized carbons (Fsp3) is 0.130. The SMILES string of the molecule is COc1cc(CNn2c(-c3ccccc3)n[nH]c2=S)c(Cl)cc1OCc1ccccc1Cl. The number of benzene rings is 3. The van der Waals surface area contributed by atoms with Gasteiger partial charge in [0.25, 0.3) is 0 Å². The van der Waals surface area contributed by atoms with Gasteiger partial charge in [-0.3, -0.25) is 0 Å². The van der Waals surface area contributed by atoms with E-state index in [0.29, 0.717) is 45.3 Å². The van der Waals surface area contributed by atoms with Gasteiger partial charge in [0.15, 0.2) is 17.3 Å². The van der Waals surface area contributed by atoms with Crippen LogP contribution in [0.5, 0.6) is 11.5 Å². The predicted molar refractivity (Wildman–Crippen MR) is 130 cm³/mol. The number of nitrogens with zero attached hydrogens (tertiary/aromatic N) is 2. The molecule has 0 radical (unpaired) electrons. The van der Waals surface area contributed by atoms with Crippen molar-refractivity contribution in [2.45, 2.75) is 13.2 Å². The van der Waals surface area contributed by atoms with Gasteiger partial charge < -0.3 is 14.9 Å². The molecule has 0 amide bonds.